The third-order valence-corrected chi connectivity index (χ3v) is 5.95. The number of alkyl halides is 3. The Kier molecular flexibility index (Phi) is 5.72. The molecule has 5 rings (SSSR count). The fraction of sp³-hybridized carbons (Fsp3) is 0.160. The van der Waals surface area contributed by atoms with Gasteiger partial charge in [0.05, 0.1) is 5.56 Å². The monoisotopic (exact) mass is 500 g/mol. The zero-order chi connectivity index (χ0) is 24.7. The molecule has 0 bridgehead atoms. The molecule has 0 amide bonds. The van der Waals surface area contributed by atoms with Gasteiger partial charge in [0.25, 0.3) is 0 Å². The molecule has 35 heavy (non-hydrogen) atoms. The molecule has 1 unspecified atom stereocenters. The summed E-state index contributed by atoms with van der Waals surface area (Å²) in [6.07, 6.45) is -2.57. The van der Waals surface area contributed by atoms with E-state index in [9.17, 15) is 22.8 Å². The number of pyridine rings is 2. The van der Waals surface area contributed by atoms with Crippen molar-refractivity contribution >= 4 is 28.3 Å². The van der Waals surface area contributed by atoms with Crippen LogP contribution in [0, 0.1) is 0 Å². The number of nitrogens with one attached hydrogen (secondary N) is 1. The Morgan fingerprint density at radius 3 is 2.40 bits per heavy atom. The second kappa shape index (κ2) is 8.74. The van der Waals surface area contributed by atoms with Gasteiger partial charge >= 0.3 is 6.36 Å². The van der Waals surface area contributed by atoms with E-state index in [0.29, 0.717) is 28.0 Å². The fourth-order valence-corrected chi connectivity index (χ4v) is 4.33. The van der Waals surface area contributed by atoms with Crippen LogP contribution in [0.2, 0.25) is 5.02 Å². The highest BCUT2D eigenvalue weighted by Crippen LogP contribution is 2.33. The van der Waals surface area contributed by atoms with Crippen LogP contribution in [0.15, 0.2) is 65.6 Å². The molecule has 6 nitrogen and oxygen atoms in total. The summed E-state index contributed by atoms with van der Waals surface area (Å²) in [5.74, 6) is -0.274. The number of hydrogen-bond donors (Lipinski definition) is 1. The number of benzene rings is 2. The Morgan fingerprint density at radius 2 is 1.71 bits per heavy atom. The molecule has 1 N–H and O–H groups in total. The SMILES string of the molecule is O=C1CC(c2ccc(Oc3ccc(OC(F)(F)F)cc3)nc2)Cc2[nH]c3ccc(Cl)cc3c(=O)c21. The second-order valence-electron chi connectivity index (χ2n) is 8.08. The van der Waals surface area contributed by atoms with E-state index in [4.69, 9.17) is 16.3 Å². The first kappa shape index (κ1) is 22.9. The quantitative estimate of drug-likeness (QED) is 0.362. The molecule has 0 aliphatic heterocycles. The lowest BCUT2D eigenvalue weighted by atomic mass is 9.81. The van der Waals surface area contributed by atoms with Crippen LogP contribution >= 0.6 is 11.6 Å². The molecule has 10 heteroatoms. The summed E-state index contributed by atoms with van der Waals surface area (Å²) in [4.78, 5) is 33.2. The highest BCUT2D eigenvalue weighted by Gasteiger charge is 2.31. The van der Waals surface area contributed by atoms with E-state index in [-0.39, 0.29) is 46.5 Å². The number of ketones is 1. The average Bonchev–Trinajstić information content (AvgIpc) is 2.80. The number of rotatable bonds is 4. The van der Waals surface area contributed by atoms with Gasteiger partial charge < -0.3 is 14.5 Å². The molecule has 0 fully saturated rings. The number of nitrogens with zero attached hydrogens (tertiary/aromatic N) is 1. The van der Waals surface area contributed by atoms with Gasteiger partial charge in [0, 0.05) is 40.3 Å². The van der Waals surface area contributed by atoms with Crippen molar-refractivity contribution in [1.29, 1.82) is 0 Å². The summed E-state index contributed by atoms with van der Waals surface area (Å²) in [6, 6.07) is 13.3. The molecule has 0 saturated carbocycles. The fourth-order valence-electron chi connectivity index (χ4n) is 4.16. The third-order valence-electron chi connectivity index (χ3n) is 5.71. The number of halogens is 4. The molecule has 0 radical (unpaired) electrons. The van der Waals surface area contributed by atoms with Crippen molar-refractivity contribution in [1.82, 2.24) is 9.97 Å². The number of H-pyrrole nitrogens is 1. The first-order valence-electron chi connectivity index (χ1n) is 10.5. The second-order valence-corrected chi connectivity index (χ2v) is 8.51. The minimum absolute atomic E-state index is 0.157. The van der Waals surface area contributed by atoms with Gasteiger partial charge in [-0.3, -0.25) is 9.59 Å². The Morgan fingerprint density at radius 1 is 0.971 bits per heavy atom. The molecule has 1 atom stereocenters. The summed E-state index contributed by atoms with van der Waals surface area (Å²) in [6.45, 7) is 0. The van der Waals surface area contributed by atoms with Crippen molar-refractivity contribution in [3.8, 4) is 17.4 Å². The van der Waals surface area contributed by atoms with Crippen molar-refractivity contribution in [3.05, 3.63) is 92.9 Å². The third kappa shape index (κ3) is 4.85. The molecule has 2 heterocycles. The number of Topliss-reactive ketones (excluding diaryl/α,β-unsaturated/α-hetero) is 1. The Bertz CT molecular complexity index is 1480. The number of fused-ring (bicyclic) bond motifs is 2. The zero-order valence-electron chi connectivity index (χ0n) is 17.9. The lowest BCUT2D eigenvalue weighted by molar-refractivity contribution is -0.274. The summed E-state index contributed by atoms with van der Waals surface area (Å²) >= 11 is 6.01. The summed E-state index contributed by atoms with van der Waals surface area (Å²) in [7, 11) is 0. The van der Waals surface area contributed by atoms with Gasteiger partial charge in [-0.25, -0.2) is 4.98 Å². The normalized spacial score (nSPS) is 15.7. The predicted octanol–water partition coefficient (Wildman–Crippen LogP) is 6.18. The molecule has 2 aromatic heterocycles. The number of hydrogen-bond acceptors (Lipinski definition) is 5. The van der Waals surface area contributed by atoms with E-state index in [2.05, 4.69) is 14.7 Å². The number of ether oxygens (including phenoxy) is 2. The highest BCUT2D eigenvalue weighted by molar-refractivity contribution is 6.31. The molecular formula is C25H16ClF3N2O4. The van der Waals surface area contributed by atoms with Crippen LogP contribution in [0.4, 0.5) is 13.2 Å². The van der Waals surface area contributed by atoms with Gasteiger partial charge in [-0.1, -0.05) is 17.7 Å². The Balaban J connectivity index is 1.33. The van der Waals surface area contributed by atoms with E-state index in [0.717, 1.165) is 17.7 Å². The maximum absolute atomic E-state index is 12.9. The number of carbonyl (C=O) groups is 1. The van der Waals surface area contributed by atoms with Crippen LogP contribution in [0.25, 0.3) is 10.9 Å². The van der Waals surface area contributed by atoms with E-state index >= 15 is 0 Å². The average molecular weight is 501 g/mol. The van der Waals surface area contributed by atoms with Crippen molar-refractivity contribution in [2.45, 2.75) is 25.1 Å². The minimum atomic E-state index is -4.77. The number of carbonyl (C=O) groups excluding carboxylic acids is 1. The molecule has 1 aliphatic rings. The van der Waals surface area contributed by atoms with Crippen LogP contribution in [-0.2, 0) is 6.42 Å². The largest absolute Gasteiger partial charge is 0.573 e. The van der Waals surface area contributed by atoms with Gasteiger partial charge in [0.1, 0.15) is 11.5 Å². The van der Waals surface area contributed by atoms with Crippen LogP contribution in [0.3, 0.4) is 0 Å². The topological polar surface area (TPSA) is 81.3 Å². The summed E-state index contributed by atoms with van der Waals surface area (Å²) < 4.78 is 46.3. The molecule has 0 spiro atoms. The van der Waals surface area contributed by atoms with Crippen molar-refractivity contribution in [2.75, 3.05) is 0 Å². The lowest BCUT2D eigenvalue weighted by Gasteiger charge is -2.24. The highest BCUT2D eigenvalue weighted by atomic mass is 35.5. The van der Waals surface area contributed by atoms with Gasteiger partial charge in [-0.2, -0.15) is 0 Å². The Labute approximate surface area is 201 Å². The van der Waals surface area contributed by atoms with E-state index in [1.807, 2.05) is 0 Å². The van der Waals surface area contributed by atoms with Crippen LogP contribution in [0.5, 0.6) is 17.4 Å². The number of aromatic nitrogens is 2. The molecule has 4 aromatic rings. The van der Waals surface area contributed by atoms with Crippen molar-refractivity contribution < 1.29 is 27.4 Å². The Hall–Kier alpha value is -3.85. The smallest absolute Gasteiger partial charge is 0.439 e. The maximum atomic E-state index is 12.9. The molecule has 178 valence electrons. The van der Waals surface area contributed by atoms with E-state index < -0.39 is 6.36 Å². The zero-order valence-corrected chi connectivity index (χ0v) is 18.6. The summed E-state index contributed by atoms with van der Waals surface area (Å²) in [5, 5.41) is 0.798. The van der Waals surface area contributed by atoms with Crippen molar-refractivity contribution in [3.63, 3.8) is 0 Å². The molecule has 1 aliphatic carbocycles. The van der Waals surface area contributed by atoms with Gasteiger partial charge in [0.2, 0.25) is 11.3 Å². The lowest BCUT2D eigenvalue weighted by Crippen LogP contribution is -2.27. The van der Waals surface area contributed by atoms with Crippen LogP contribution in [0.1, 0.15) is 34.0 Å². The van der Waals surface area contributed by atoms with Gasteiger partial charge in [-0.15, -0.1) is 13.2 Å². The first-order chi connectivity index (χ1) is 16.7. The van der Waals surface area contributed by atoms with E-state index in [1.165, 1.54) is 12.1 Å². The summed E-state index contributed by atoms with van der Waals surface area (Å²) in [5.41, 5.74) is 1.82. The first-order valence-corrected chi connectivity index (χ1v) is 10.9. The van der Waals surface area contributed by atoms with Crippen LogP contribution < -0.4 is 14.9 Å². The van der Waals surface area contributed by atoms with E-state index in [1.54, 1.807) is 36.5 Å². The van der Waals surface area contributed by atoms with Gasteiger partial charge in [0.15, 0.2) is 5.78 Å². The number of aromatic amines is 1. The van der Waals surface area contributed by atoms with Crippen molar-refractivity contribution in [2.24, 2.45) is 0 Å². The molecule has 2 aromatic carbocycles. The predicted molar refractivity (Wildman–Crippen MR) is 122 cm³/mol. The standard InChI is InChI=1S/C25H16ClF3N2O4/c26-15-2-7-19-18(11-15)24(33)23-20(31-19)9-14(10-21(23)32)13-1-8-22(30-12-13)34-16-3-5-17(6-4-16)35-25(27,28)29/h1-8,11-12,14H,9-10H2,(H,31,33). The van der Waals surface area contributed by atoms with Crippen LogP contribution in [-0.4, -0.2) is 22.1 Å². The van der Waals surface area contributed by atoms with Gasteiger partial charge in [-0.05, 0) is 60.4 Å². The molecule has 0 saturated heterocycles. The maximum Gasteiger partial charge on any atom is 0.573 e. The molecular weight excluding hydrogens is 485 g/mol. The minimum Gasteiger partial charge on any atom is -0.439 e.